The number of aliphatic hydroxyl groups excluding tert-OH is 1. The summed E-state index contributed by atoms with van der Waals surface area (Å²) < 4.78 is 0. The van der Waals surface area contributed by atoms with Gasteiger partial charge >= 0.3 is 6.03 Å². The molecule has 0 aromatic heterocycles. The number of nitrogens with zero attached hydrogens (tertiary/aromatic N) is 2. The summed E-state index contributed by atoms with van der Waals surface area (Å²) in [6.45, 7) is 3.04. The van der Waals surface area contributed by atoms with Crippen LogP contribution in [0.3, 0.4) is 0 Å². The Hall–Kier alpha value is -1.30. The van der Waals surface area contributed by atoms with E-state index in [0.717, 1.165) is 12.8 Å². The molecule has 6 heteroatoms. The van der Waals surface area contributed by atoms with Crippen molar-refractivity contribution in [2.75, 3.05) is 33.8 Å². The van der Waals surface area contributed by atoms with Crippen molar-refractivity contribution >= 4 is 11.9 Å². The fraction of sp³-hybridized carbons (Fsp3) is 0.846. The van der Waals surface area contributed by atoms with Crippen LogP contribution in [0.1, 0.15) is 26.2 Å². The van der Waals surface area contributed by atoms with Crippen molar-refractivity contribution in [1.82, 2.24) is 15.1 Å². The van der Waals surface area contributed by atoms with Crippen molar-refractivity contribution in [2.24, 2.45) is 5.92 Å². The van der Waals surface area contributed by atoms with Crippen LogP contribution >= 0.6 is 0 Å². The fourth-order valence-electron chi connectivity index (χ4n) is 2.24. The second-order valence-corrected chi connectivity index (χ2v) is 5.26. The third-order valence-electron chi connectivity index (χ3n) is 3.50. The summed E-state index contributed by atoms with van der Waals surface area (Å²) in [7, 11) is 3.43. The van der Waals surface area contributed by atoms with Gasteiger partial charge in [0.2, 0.25) is 5.91 Å². The summed E-state index contributed by atoms with van der Waals surface area (Å²) in [4.78, 5) is 27.2. The molecule has 0 bridgehead atoms. The molecule has 1 fully saturated rings. The van der Waals surface area contributed by atoms with Crippen LogP contribution in [0.2, 0.25) is 0 Å². The lowest BCUT2D eigenvalue weighted by molar-refractivity contribution is -0.127. The lowest BCUT2D eigenvalue weighted by Gasteiger charge is -2.34. The van der Waals surface area contributed by atoms with Gasteiger partial charge in [-0.3, -0.25) is 4.79 Å². The largest absolute Gasteiger partial charge is 0.394 e. The van der Waals surface area contributed by atoms with Crippen LogP contribution in [0, 0.1) is 5.92 Å². The molecule has 1 saturated heterocycles. The number of hydrogen-bond acceptors (Lipinski definition) is 3. The van der Waals surface area contributed by atoms with Gasteiger partial charge in [-0.25, -0.2) is 4.79 Å². The van der Waals surface area contributed by atoms with Crippen molar-refractivity contribution < 1.29 is 14.7 Å². The molecule has 2 N–H and O–H groups in total. The highest BCUT2D eigenvalue weighted by Crippen LogP contribution is 2.17. The zero-order chi connectivity index (χ0) is 14.4. The standard InChI is InChI=1S/C13H25N3O3/c1-4-11(9-17)14-12(18)10-6-5-7-16(8-10)13(19)15(2)3/h10-11,17H,4-9H2,1-3H3,(H,14,18)/t10?,11-/m1/s1. The number of likely N-dealkylation sites (tertiary alicyclic amines) is 1. The van der Waals surface area contributed by atoms with E-state index in [2.05, 4.69) is 5.32 Å². The maximum absolute atomic E-state index is 12.1. The van der Waals surface area contributed by atoms with Crippen LogP contribution in [-0.4, -0.2) is 66.7 Å². The number of amides is 3. The van der Waals surface area contributed by atoms with Gasteiger partial charge < -0.3 is 20.2 Å². The van der Waals surface area contributed by atoms with E-state index >= 15 is 0 Å². The second kappa shape index (κ2) is 7.33. The number of carbonyl (C=O) groups excluding carboxylic acids is 2. The average molecular weight is 271 g/mol. The summed E-state index contributed by atoms with van der Waals surface area (Å²) in [5, 5.41) is 11.9. The first kappa shape index (κ1) is 15.8. The molecule has 110 valence electrons. The van der Waals surface area contributed by atoms with Crippen molar-refractivity contribution in [2.45, 2.75) is 32.2 Å². The van der Waals surface area contributed by atoms with Crippen molar-refractivity contribution in [3.05, 3.63) is 0 Å². The lowest BCUT2D eigenvalue weighted by Crippen LogP contribution is -2.50. The highest BCUT2D eigenvalue weighted by molar-refractivity contribution is 5.81. The Labute approximate surface area is 114 Å². The molecule has 19 heavy (non-hydrogen) atoms. The van der Waals surface area contributed by atoms with Crippen LogP contribution in [0.25, 0.3) is 0 Å². The van der Waals surface area contributed by atoms with Crippen LogP contribution in [0.15, 0.2) is 0 Å². The summed E-state index contributed by atoms with van der Waals surface area (Å²) in [6.07, 6.45) is 2.34. The Morgan fingerprint density at radius 3 is 2.68 bits per heavy atom. The minimum Gasteiger partial charge on any atom is -0.394 e. The summed E-state index contributed by atoms with van der Waals surface area (Å²) >= 11 is 0. The van der Waals surface area contributed by atoms with E-state index in [-0.39, 0.29) is 30.5 Å². The molecule has 2 atom stereocenters. The Balaban J connectivity index is 2.54. The van der Waals surface area contributed by atoms with Crippen molar-refractivity contribution in [1.29, 1.82) is 0 Å². The summed E-state index contributed by atoms with van der Waals surface area (Å²) in [5.74, 6) is -0.226. The van der Waals surface area contributed by atoms with Crippen molar-refractivity contribution in [3.8, 4) is 0 Å². The molecule has 0 radical (unpaired) electrons. The SMILES string of the molecule is CC[C@H](CO)NC(=O)C1CCCN(C(=O)N(C)C)C1. The molecule has 1 unspecified atom stereocenters. The maximum Gasteiger partial charge on any atom is 0.319 e. The molecular weight excluding hydrogens is 246 g/mol. The van der Waals surface area contributed by atoms with Crippen LogP contribution in [0.4, 0.5) is 4.79 Å². The number of aliphatic hydroxyl groups is 1. The van der Waals surface area contributed by atoms with E-state index in [9.17, 15) is 9.59 Å². The second-order valence-electron chi connectivity index (χ2n) is 5.26. The number of nitrogens with one attached hydrogen (secondary N) is 1. The molecule has 0 aromatic rings. The van der Waals surface area contributed by atoms with Gasteiger partial charge in [-0.1, -0.05) is 6.92 Å². The quantitative estimate of drug-likeness (QED) is 0.770. The predicted octanol–water partition coefficient (Wildman–Crippen LogP) is 0.267. The zero-order valence-corrected chi connectivity index (χ0v) is 12.1. The summed E-state index contributed by atoms with van der Waals surface area (Å²) in [5.41, 5.74) is 0. The summed E-state index contributed by atoms with van der Waals surface area (Å²) in [6, 6.07) is -0.237. The normalized spacial score (nSPS) is 20.8. The Bertz CT molecular complexity index is 316. The average Bonchev–Trinajstić information content (AvgIpc) is 2.43. The van der Waals surface area contributed by atoms with Gasteiger partial charge in [0.25, 0.3) is 0 Å². The first-order valence-corrected chi connectivity index (χ1v) is 6.87. The van der Waals surface area contributed by atoms with Crippen LogP contribution in [-0.2, 0) is 4.79 Å². The topological polar surface area (TPSA) is 72.9 Å². The Kier molecular flexibility index (Phi) is 6.08. The molecule has 0 spiro atoms. The van der Waals surface area contributed by atoms with E-state index in [1.807, 2.05) is 6.92 Å². The first-order valence-electron chi connectivity index (χ1n) is 6.87. The number of hydrogen-bond donors (Lipinski definition) is 2. The highest BCUT2D eigenvalue weighted by Gasteiger charge is 2.29. The molecule has 1 aliphatic rings. The Morgan fingerprint density at radius 2 is 2.16 bits per heavy atom. The van der Waals surface area contributed by atoms with Gasteiger partial charge in [0.05, 0.1) is 18.6 Å². The zero-order valence-electron chi connectivity index (χ0n) is 12.1. The highest BCUT2D eigenvalue weighted by atomic mass is 16.3. The fourth-order valence-corrected chi connectivity index (χ4v) is 2.24. The van der Waals surface area contributed by atoms with E-state index < -0.39 is 0 Å². The molecule has 1 rings (SSSR count). The molecule has 6 nitrogen and oxygen atoms in total. The number of piperidine rings is 1. The van der Waals surface area contributed by atoms with Gasteiger partial charge in [-0.2, -0.15) is 0 Å². The molecule has 3 amide bonds. The molecule has 1 heterocycles. The van der Waals surface area contributed by atoms with E-state index in [4.69, 9.17) is 5.11 Å². The van der Waals surface area contributed by atoms with E-state index in [0.29, 0.717) is 19.5 Å². The van der Waals surface area contributed by atoms with Gasteiger partial charge in [-0.15, -0.1) is 0 Å². The molecule has 1 aliphatic heterocycles. The van der Waals surface area contributed by atoms with Crippen LogP contribution < -0.4 is 5.32 Å². The van der Waals surface area contributed by atoms with Gasteiger partial charge in [-0.05, 0) is 19.3 Å². The van der Waals surface area contributed by atoms with Gasteiger partial charge in [0.1, 0.15) is 0 Å². The predicted molar refractivity (Wildman–Crippen MR) is 72.7 cm³/mol. The Morgan fingerprint density at radius 1 is 1.47 bits per heavy atom. The first-order chi connectivity index (χ1) is 8.99. The molecule has 0 aromatic carbocycles. The number of carbonyl (C=O) groups is 2. The third-order valence-corrected chi connectivity index (χ3v) is 3.50. The van der Waals surface area contributed by atoms with Crippen LogP contribution in [0.5, 0.6) is 0 Å². The van der Waals surface area contributed by atoms with Crippen molar-refractivity contribution in [3.63, 3.8) is 0 Å². The minimum atomic E-state index is -0.188. The number of rotatable bonds is 4. The van der Waals surface area contributed by atoms with E-state index in [1.165, 1.54) is 4.90 Å². The minimum absolute atomic E-state index is 0.0463. The van der Waals surface area contributed by atoms with E-state index in [1.54, 1.807) is 19.0 Å². The van der Waals surface area contributed by atoms with Gasteiger partial charge in [0.15, 0.2) is 0 Å². The third kappa shape index (κ3) is 4.38. The lowest BCUT2D eigenvalue weighted by atomic mass is 9.97. The molecule has 0 saturated carbocycles. The molecule has 0 aliphatic carbocycles. The monoisotopic (exact) mass is 271 g/mol. The smallest absolute Gasteiger partial charge is 0.319 e. The number of urea groups is 1. The maximum atomic E-state index is 12.1. The molecular formula is C13H25N3O3. The van der Waals surface area contributed by atoms with Gasteiger partial charge in [0, 0.05) is 27.2 Å².